The number of hydrogen-bond donors (Lipinski definition) is 0. The summed E-state index contributed by atoms with van der Waals surface area (Å²) in [6.45, 7) is -0.279. The molecule has 4 rings (SSSR count). The normalized spacial score (nSPS) is 30.6. The minimum Gasteiger partial charge on any atom is -0.346 e. The Hall–Kier alpha value is -1.90. The van der Waals surface area contributed by atoms with E-state index in [0.29, 0.717) is 11.1 Å². The van der Waals surface area contributed by atoms with E-state index in [0.717, 1.165) is 12.5 Å². The second-order valence-electron chi connectivity index (χ2n) is 8.03. The Bertz CT molecular complexity index is 1060. The Balaban J connectivity index is 1.67. The average molecular weight is 515 g/mol. The van der Waals surface area contributed by atoms with Crippen molar-refractivity contribution in [2.75, 3.05) is 25.7 Å². The first-order valence-corrected chi connectivity index (χ1v) is 14.1. The summed E-state index contributed by atoms with van der Waals surface area (Å²) in [6.07, 6.45) is -4.23. The Morgan fingerprint density at radius 1 is 0.647 bits per heavy atom. The molecule has 0 saturated carbocycles. The van der Waals surface area contributed by atoms with Gasteiger partial charge in [-0.25, -0.2) is 0 Å². The quantitative estimate of drug-likeness (QED) is 0.506. The molecule has 10 nitrogen and oxygen atoms in total. The van der Waals surface area contributed by atoms with Crippen LogP contribution >= 0.6 is 0 Å². The van der Waals surface area contributed by atoms with Crippen molar-refractivity contribution in [1.29, 1.82) is 0 Å². The third-order valence-electron chi connectivity index (χ3n) is 5.18. The maximum atomic E-state index is 11.9. The van der Waals surface area contributed by atoms with E-state index >= 15 is 0 Å². The second-order valence-corrected chi connectivity index (χ2v) is 11.2. The summed E-state index contributed by atoms with van der Waals surface area (Å²) < 4.78 is 82.0. The second kappa shape index (κ2) is 10.4. The van der Waals surface area contributed by atoms with Crippen molar-refractivity contribution in [1.82, 2.24) is 0 Å². The zero-order chi connectivity index (χ0) is 24.3. The fraction of sp³-hybridized carbons (Fsp3) is 0.455. The van der Waals surface area contributed by atoms with Crippen molar-refractivity contribution < 1.29 is 44.1 Å². The van der Waals surface area contributed by atoms with Crippen molar-refractivity contribution >= 4 is 20.2 Å². The maximum Gasteiger partial charge on any atom is 0.264 e. The van der Waals surface area contributed by atoms with Crippen molar-refractivity contribution in [3.63, 3.8) is 0 Å². The van der Waals surface area contributed by atoms with Crippen LogP contribution in [0.1, 0.15) is 23.7 Å². The lowest BCUT2D eigenvalue weighted by Crippen LogP contribution is -2.57. The molecule has 2 heterocycles. The van der Waals surface area contributed by atoms with Crippen LogP contribution < -0.4 is 0 Å². The van der Waals surface area contributed by atoms with Crippen LogP contribution in [-0.2, 0) is 47.5 Å². The summed E-state index contributed by atoms with van der Waals surface area (Å²) >= 11 is 0. The first kappa shape index (κ1) is 25.2. The van der Waals surface area contributed by atoms with Gasteiger partial charge in [0, 0.05) is 11.1 Å². The van der Waals surface area contributed by atoms with Gasteiger partial charge < -0.3 is 18.9 Å². The molecule has 6 atom stereocenters. The molecule has 2 saturated heterocycles. The molecular formula is C22H26O10S2. The average Bonchev–Trinajstić information content (AvgIpc) is 2.79. The zero-order valence-corrected chi connectivity index (χ0v) is 20.2. The van der Waals surface area contributed by atoms with Gasteiger partial charge in [0.15, 0.2) is 12.6 Å². The summed E-state index contributed by atoms with van der Waals surface area (Å²) in [5, 5.41) is 0. The van der Waals surface area contributed by atoms with Crippen LogP contribution in [0.4, 0.5) is 0 Å². The zero-order valence-electron chi connectivity index (χ0n) is 18.6. The Morgan fingerprint density at radius 3 is 1.32 bits per heavy atom. The lowest BCUT2D eigenvalue weighted by Gasteiger charge is -2.44. The van der Waals surface area contributed by atoms with Gasteiger partial charge in [0.2, 0.25) is 0 Å². The van der Waals surface area contributed by atoms with Crippen molar-refractivity contribution in [3.8, 4) is 0 Å². The molecule has 0 bridgehead atoms. The van der Waals surface area contributed by atoms with Crippen LogP contribution in [0.25, 0.3) is 0 Å². The monoisotopic (exact) mass is 514 g/mol. The van der Waals surface area contributed by atoms with Crippen molar-refractivity contribution in [2.45, 2.75) is 37.0 Å². The first-order chi connectivity index (χ1) is 16.1. The number of rotatable bonds is 7. The Morgan fingerprint density at radius 2 is 1.00 bits per heavy atom. The molecular weight excluding hydrogens is 488 g/mol. The predicted octanol–water partition coefficient (Wildman–Crippen LogP) is 1.90. The van der Waals surface area contributed by atoms with Crippen LogP contribution in [0.15, 0.2) is 60.7 Å². The maximum absolute atomic E-state index is 11.9. The lowest BCUT2D eigenvalue weighted by molar-refractivity contribution is -0.325. The van der Waals surface area contributed by atoms with Gasteiger partial charge in [0.1, 0.15) is 24.4 Å². The molecule has 12 heteroatoms. The number of benzene rings is 2. The van der Waals surface area contributed by atoms with Crippen LogP contribution in [0, 0.1) is 0 Å². The molecule has 0 amide bonds. The minimum atomic E-state index is -3.90. The summed E-state index contributed by atoms with van der Waals surface area (Å²) in [5.41, 5.74) is 1.38. The SMILES string of the molecule is CS(=O)(=O)OC1COC(c2ccccc2)OC1C1OC(c2ccccc2)OCC1OS(C)(=O)=O. The van der Waals surface area contributed by atoms with Crippen molar-refractivity contribution in [3.05, 3.63) is 71.8 Å². The molecule has 186 valence electrons. The van der Waals surface area contributed by atoms with Gasteiger partial charge in [-0.2, -0.15) is 16.8 Å². The smallest absolute Gasteiger partial charge is 0.264 e. The standard InChI is InChI=1S/C22H26O10S2/c1-33(23,24)31-17-13-27-21(15-9-5-3-6-10-15)29-19(17)20-18(32-34(2,25)26)14-28-22(30-20)16-11-7-4-8-12-16/h3-12,17-22H,13-14H2,1-2H3. The molecule has 2 aliphatic rings. The summed E-state index contributed by atoms with van der Waals surface area (Å²) in [7, 11) is -7.80. The fourth-order valence-electron chi connectivity index (χ4n) is 3.86. The van der Waals surface area contributed by atoms with E-state index in [1.54, 1.807) is 24.3 Å². The molecule has 0 aromatic heterocycles. The fourth-order valence-corrected chi connectivity index (χ4v) is 5.08. The highest BCUT2D eigenvalue weighted by Gasteiger charge is 2.48. The van der Waals surface area contributed by atoms with E-state index in [9.17, 15) is 16.8 Å². The van der Waals surface area contributed by atoms with E-state index < -0.39 is 57.2 Å². The lowest BCUT2D eigenvalue weighted by atomic mass is 10.0. The van der Waals surface area contributed by atoms with Gasteiger partial charge in [-0.15, -0.1) is 0 Å². The third kappa shape index (κ3) is 6.61. The highest BCUT2D eigenvalue weighted by molar-refractivity contribution is 7.86. The number of ether oxygens (including phenoxy) is 4. The molecule has 2 aromatic rings. The van der Waals surface area contributed by atoms with E-state index in [4.69, 9.17) is 27.3 Å². The first-order valence-electron chi connectivity index (χ1n) is 10.5. The minimum absolute atomic E-state index is 0.139. The predicted molar refractivity (Wildman–Crippen MR) is 119 cm³/mol. The molecule has 34 heavy (non-hydrogen) atoms. The van der Waals surface area contributed by atoms with E-state index in [-0.39, 0.29) is 13.2 Å². The summed E-state index contributed by atoms with van der Waals surface area (Å²) in [5.74, 6) is 0. The van der Waals surface area contributed by atoms with Crippen molar-refractivity contribution in [2.24, 2.45) is 0 Å². The van der Waals surface area contributed by atoms with Crippen LogP contribution in [0.2, 0.25) is 0 Å². The van der Waals surface area contributed by atoms with Gasteiger partial charge in [-0.1, -0.05) is 60.7 Å². The molecule has 0 aliphatic carbocycles. The Kier molecular flexibility index (Phi) is 7.69. The molecule has 2 aromatic carbocycles. The van der Waals surface area contributed by atoms with E-state index in [1.807, 2.05) is 36.4 Å². The molecule has 0 N–H and O–H groups in total. The van der Waals surface area contributed by atoms with Gasteiger partial charge >= 0.3 is 0 Å². The Labute approximate surface area is 198 Å². The highest BCUT2D eigenvalue weighted by atomic mass is 32.2. The van der Waals surface area contributed by atoms with Crippen LogP contribution in [-0.4, -0.2) is 67.0 Å². The van der Waals surface area contributed by atoms with Gasteiger partial charge in [0.05, 0.1) is 25.7 Å². The van der Waals surface area contributed by atoms with E-state index in [2.05, 4.69) is 0 Å². The third-order valence-corrected chi connectivity index (χ3v) is 6.38. The van der Waals surface area contributed by atoms with Gasteiger partial charge in [-0.05, 0) is 0 Å². The topological polar surface area (TPSA) is 124 Å². The molecule has 0 radical (unpaired) electrons. The summed E-state index contributed by atoms with van der Waals surface area (Å²) in [4.78, 5) is 0. The largest absolute Gasteiger partial charge is 0.346 e. The van der Waals surface area contributed by atoms with Crippen LogP contribution in [0.5, 0.6) is 0 Å². The van der Waals surface area contributed by atoms with Crippen LogP contribution in [0.3, 0.4) is 0 Å². The summed E-state index contributed by atoms with van der Waals surface area (Å²) in [6, 6.07) is 18.1. The highest BCUT2D eigenvalue weighted by Crippen LogP contribution is 2.37. The number of hydrogen-bond acceptors (Lipinski definition) is 10. The van der Waals surface area contributed by atoms with Gasteiger partial charge in [-0.3, -0.25) is 8.37 Å². The molecule has 0 spiro atoms. The van der Waals surface area contributed by atoms with Gasteiger partial charge in [0.25, 0.3) is 20.2 Å². The molecule has 2 aliphatic heterocycles. The van der Waals surface area contributed by atoms with E-state index in [1.165, 1.54) is 0 Å². The molecule has 2 fully saturated rings. The molecule has 6 unspecified atom stereocenters.